The molecule has 0 unspecified atom stereocenters. The average Bonchev–Trinajstić information content (AvgIpc) is 3.23. The van der Waals surface area contributed by atoms with Crippen molar-refractivity contribution in [3.05, 3.63) is 58.1 Å². The van der Waals surface area contributed by atoms with E-state index >= 15 is 0 Å². The van der Waals surface area contributed by atoms with Gasteiger partial charge in [-0.1, -0.05) is 23.7 Å². The zero-order valence-corrected chi connectivity index (χ0v) is 18.1. The van der Waals surface area contributed by atoms with E-state index in [0.29, 0.717) is 26.2 Å². The highest BCUT2D eigenvalue weighted by molar-refractivity contribution is 7.89. The number of hydrogen-bond acceptors (Lipinski definition) is 4. The molecule has 6 nitrogen and oxygen atoms in total. The molecular formula is C21H25ClN2O4S. The number of benzene rings is 2. The number of halogens is 1. The zero-order valence-electron chi connectivity index (χ0n) is 16.6. The Bertz CT molecular complexity index is 1000. The van der Waals surface area contributed by atoms with Crippen LogP contribution in [0.4, 0.5) is 0 Å². The lowest BCUT2D eigenvalue weighted by Gasteiger charge is -2.17. The summed E-state index contributed by atoms with van der Waals surface area (Å²) < 4.78 is 32.7. The van der Waals surface area contributed by atoms with E-state index in [1.165, 1.54) is 22.5 Å². The fourth-order valence-corrected chi connectivity index (χ4v) is 5.22. The summed E-state index contributed by atoms with van der Waals surface area (Å²) in [6, 6.07) is 10.3. The van der Waals surface area contributed by atoms with E-state index in [0.717, 1.165) is 29.7 Å². The first-order valence-electron chi connectivity index (χ1n) is 9.57. The van der Waals surface area contributed by atoms with Crippen LogP contribution >= 0.6 is 11.6 Å². The van der Waals surface area contributed by atoms with Crippen LogP contribution in [0.3, 0.4) is 0 Å². The highest BCUT2D eigenvalue weighted by Crippen LogP contribution is 2.28. The molecule has 156 valence electrons. The van der Waals surface area contributed by atoms with Gasteiger partial charge in [-0.2, -0.15) is 4.31 Å². The van der Waals surface area contributed by atoms with Crippen LogP contribution in [-0.2, 0) is 10.0 Å². The molecule has 0 aromatic heterocycles. The summed E-state index contributed by atoms with van der Waals surface area (Å²) in [5, 5.41) is 2.87. The van der Waals surface area contributed by atoms with E-state index in [-0.39, 0.29) is 21.4 Å². The van der Waals surface area contributed by atoms with Crippen molar-refractivity contribution >= 4 is 27.5 Å². The lowest BCUT2D eigenvalue weighted by molar-refractivity contribution is 0.0946. The Labute approximate surface area is 176 Å². The Balaban J connectivity index is 1.63. The van der Waals surface area contributed by atoms with Crippen molar-refractivity contribution < 1.29 is 17.9 Å². The van der Waals surface area contributed by atoms with Gasteiger partial charge in [0.25, 0.3) is 5.91 Å². The van der Waals surface area contributed by atoms with E-state index < -0.39 is 10.0 Å². The first-order valence-corrected chi connectivity index (χ1v) is 11.4. The number of nitrogens with one attached hydrogen (secondary N) is 1. The van der Waals surface area contributed by atoms with Gasteiger partial charge in [-0.3, -0.25) is 4.79 Å². The zero-order chi connectivity index (χ0) is 21.0. The van der Waals surface area contributed by atoms with Crippen molar-refractivity contribution in [2.24, 2.45) is 0 Å². The van der Waals surface area contributed by atoms with E-state index in [9.17, 15) is 13.2 Å². The van der Waals surface area contributed by atoms with Gasteiger partial charge in [-0.05, 0) is 62.1 Å². The molecule has 0 spiro atoms. The topological polar surface area (TPSA) is 75.7 Å². The SMILES string of the molecule is Cc1ccc(C)c(OCCNC(=O)c2ccc(Cl)c(S(=O)(=O)N3CCCC3)c2)c1. The van der Waals surface area contributed by atoms with Crippen molar-refractivity contribution in [1.82, 2.24) is 9.62 Å². The van der Waals surface area contributed by atoms with E-state index in [1.54, 1.807) is 0 Å². The smallest absolute Gasteiger partial charge is 0.251 e. The minimum Gasteiger partial charge on any atom is -0.491 e. The van der Waals surface area contributed by atoms with Gasteiger partial charge in [0.05, 0.1) is 11.6 Å². The van der Waals surface area contributed by atoms with Crippen molar-refractivity contribution in [3.63, 3.8) is 0 Å². The molecule has 1 heterocycles. The first kappa shape index (κ1) is 21.6. The van der Waals surface area contributed by atoms with Crippen molar-refractivity contribution in [3.8, 4) is 5.75 Å². The van der Waals surface area contributed by atoms with Crippen molar-refractivity contribution in [1.29, 1.82) is 0 Å². The normalized spacial score (nSPS) is 14.7. The van der Waals surface area contributed by atoms with Crippen LogP contribution in [0.1, 0.15) is 34.3 Å². The van der Waals surface area contributed by atoms with E-state index in [1.807, 2.05) is 32.0 Å². The van der Waals surface area contributed by atoms with Crippen LogP contribution in [0.5, 0.6) is 5.75 Å². The fourth-order valence-electron chi connectivity index (χ4n) is 3.20. The van der Waals surface area contributed by atoms with Crippen LogP contribution in [0.25, 0.3) is 0 Å². The molecule has 2 aromatic carbocycles. The summed E-state index contributed by atoms with van der Waals surface area (Å²) in [6.45, 7) is 5.51. The second kappa shape index (κ2) is 9.15. The maximum Gasteiger partial charge on any atom is 0.251 e. The highest BCUT2D eigenvalue weighted by atomic mass is 35.5. The summed E-state index contributed by atoms with van der Waals surface area (Å²) in [6.07, 6.45) is 1.66. The molecule has 0 bridgehead atoms. The molecule has 29 heavy (non-hydrogen) atoms. The molecular weight excluding hydrogens is 412 g/mol. The molecule has 8 heteroatoms. The summed E-state index contributed by atoms with van der Waals surface area (Å²) in [7, 11) is -3.70. The summed E-state index contributed by atoms with van der Waals surface area (Å²) in [5.74, 6) is 0.411. The lowest BCUT2D eigenvalue weighted by Crippen LogP contribution is -2.30. The summed E-state index contributed by atoms with van der Waals surface area (Å²) in [5.41, 5.74) is 2.37. The molecule has 1 aliphatic heterocycles. The number of rotatable bonds is 7. The molecule has 0 radical (unpaired) electrons. The number of ether oxygens (including phenoxy) is 1. The Morgan fingerprint density at radius 3 is 2.59 bits per heavy atom. The molecule has 2 aromatic rings. The molecule has 1 amide bonds. The molecule has 0 aliphatic carbocycles. The van der Waals surface area contributed by atoms with Crippen LogP contribution < -0.4 is 10.1 Å². The van der Waals surface area contributed by atoms with Crippen LogP contribution in [0.15, 0.2) is 41.3 Å². The van der Waals surface area contributed by atoms with Crippen molar-refractivity contribution in [2.45, 2.75) is 31.6 Å². The number of nitrogens with zero attached hydrogens (tertiary/aromatic N) is 1. The van der Waals surface area contributed by atoms with Gasteiger partial charge in [0.15, 0.2) is 0 Å². The van der Waals surface area contributed by atoms with Gasteiger partial charge < -0.3 is 10.1 Å². The molecule has 0 saturated carbocycles. The van der Waals surface area contributed by atoms with Gasteiger partial charge in [0.2, 0.25) is 10.0 Å². The van der Waals surface area contributed by atoms with E-state index in [2.05, 4.69) is 5.32 Å². The summed E-state index contributed by atoms with van der Waals surface area (Å²) in [4.78, 5) is 12.4. The molecule has 3 rings (SSSR count). The maximum atomic E-state index is 12.8. The standard InChI is InChI=1S/C21H25ClN2O4S/c1-15-5-6-16(2)19(13-15)28-12-9-23-21(25)17-7-8-18(22)20(14-17)29(26,27)24-10-3-4-11-24/h5-8,13-14H,3-4,9-12H2,1-2H3,(H,23,25). The first-order chi connectivity index (χ1) is 13.8. The Morgan fingerprint density at radius 2 is 1.86 bits per heavy atom. The number of carbonyl (C=O) groups is 1. The molecule has 1 N–H and O–H groups in total. The summed E-state index contributed by atoms with van der Waals surface area (Å²) >= 11 is 6.13. The number of sulfonamides is 1. The Morgan fingerprint density at radius 1 is 1.14 bits per heavy atom. The molecule has 1 saturated heterocycles. The minimum atomic E-state index is -3.70. The number of aryl methyl sites for hydroxylation is 2. The molecule has 0 atom stereocenters. The predicted octanol–water partition coefficient (Wildman–Crippen LogP) is 3.55. The van der Waals surface area contributed by atoms with Gasteiger partial charge in [-0.25, -0.2) is 8.42 Å². The van der Waals surface area contributed by atoms with Crippen LogP contribution in [-0.4, -0.2) is 44.9 Å². The second-order valence-corrected chi connectivity index (χ2v) is 9.44. The van der Waals surface area contributed by atoms with Gasteiger partial charge in [0.1, 0.15) is 17.3 Å². The molecule has 1 aliphatic rings. The second-order valence-electron chi connectivity index (χ2n) is 7.13. The fraction of sp³-hybridized carbons (Fsp3) is 0.381. The van der Waals surface area contributed by atoms with Gasteiger partial charge in [0, 0.05) is 18.7 Å². The Hall–Kier alpha value is -2.09. The van der Waals surface area contributed by atoms with E-state index in [4.69, 9.17) is 16.3 Å². The lowest BCUT2D eigenvalue weighted by atomic mass is 10.1. The predicted molar refractivity (Wildman–Crippen MR) is 113 cm³/mol. The van der Waals surface area contributed by atoms with Gasteiger partial charge in [-0.15, -0.1) is 0 Å². The average molecular weight is 437 g/mol. The third kappa shape index (κ3) is 5.10. The van der Waals surface area contributed by atoms with Crippen molar-refractivity contribution in [2.75, 3.05) is 26.2 Å². The quantitative estimate of drug-likeness (QED) is 0.673. The maximum absolute atomic E-state index is 12.8. The third-order valence-corrected chi connectivity index (χ3v) is 7.25. The minimum absolute atomic E-state index is 0.0275. The van der Waals surface area contributed by atoms with Crippen LogP contribution in [0, 0.1) is 13.8 Å². The van der Waals surface area contributed by atoms with Crippen LogP contribution in [0.2, 0.25) is 5.02 Å². The number of carbonyl (C=O) groups excluding carboxylic acids is 1. The van der Waals surface area contributed by atoms with Gasteiger partial charge >= 0.3 is 0 Å². The third-order valence-electron chi connectivity index (χ3n) is 4.87. The molecule has 1 fully saturated rings. The number of amides is 1. The Kier molecular flexibility index (Phi) is 6.82. The monoisotopic (exact) mass is 436 g/mol. The highest BCUT2D eigenvalue weighted by Gasteiger charge is 2.29. The number of hydrogen-bond donors (Lipinski definition) is 1. The largest absolute Gasteiger partial charge is 0.491 e.